The topological polar surface area (TPSA) is 57.6 Å². The molecular weight excluding hydrogens is 226 g/mol. The van der Waals surface area contributed by atoms with Crippen molar-refractivity contribution in [1.82, 2.24) is 4.31 Å². The number of aliphatic hydroxyl groups is 1. The molecule has 1 aliphatic heterocycles. The molecule has 0 bridgehead atoms. The number of rotatable bonds is 7. The summed E-state index contributed by atoms with van der Waals surface area (Å²) in [5, 5.41) is 8.79. The Morgan fingerprint density at radius 3 is 2.75 bits per heavy atom. The van der Waals surface area contributed by atoms with Gasteiger partial charge in [-0.2, -0.15) is 4.31 Å². The monoisotopic (exact) mass is 249 g/mol. The molecule has 96 valence electrons. The van der Waals surface area contributed by atoms with Gasteiger partial charge >= 0.3 is 0 Å². The number of nitrogens with zero attached hydrogens (tertiary/aromatic N) is 1. The van der Waals surface area contributed by atoms with Crippen LogP contribution in [0.2, 0.25) is 0 Å². The van der Waals surface area contributed by atoms with Gasteiger partial charge in [-0.15, -0.1) is 0 Å². The number of hydrogen-bond donors (Lipinski definition) is 1. The minimum Gasteiger partial charge on any atom is -0.396 e. The molecule has 1 aliphatic rings. The minimum atomic E-state index is -3.05. The van der Waals surface area contributed by atoms with Crippen LogP contribution in [0.15, 0.2) is 0 Å². The van der Waals surface area contributed by atoms with Crippen molar-refractivity contribution in [1.29, 1.82) is 0 Å². The van der Waals surface area contributed by atoms with Crippen LogP contribution in [0, 0.1) is 0 Å². The lowest BCUT2D eigenvalue weighted by Gasteiger charge is -2.23. The quantitative estimate of drug-likeness (QED) is 0.741. The fourth-order valence-corrected chi connectivity index (χ4v) is 4.20. The molecule has 1 atom stereocenters. The highest BCUT2D eigenvalue weighted by atomic mass is 32.2. The van der Waals surface area contributed by atoms with Gasteiger partial charge in [0.25, 0.3) is 0 Å². The molecule has 0 amide bonds. The third kappa shape index (κ3) is 3.71. The van der Waals surface area contributed by atoms with Gasteiger partial charge in [0, 0.05) is 19.2 Å². The van der Waals surface area contributed by atoms with Crippen LogP contribution in [0.4, 0.5) is 0 Å². The zero-order valence-electron chi connectivity index (χ0n) is 10.1. The number of hydrogen-bond acceptors (Lipinski definition) is 3. The third-order valence-electron chi connectivity index (χ3n) is 3.13. The lowest BCUT2D eigenvalue weighted by molar-refractivity contribution is 0.264. The number of sulfonamides is 1. The Kier molecular flexibility index (Phi) is 5.72. The third-order valence-corrected chi connectivity index (χ3v) is 5.13. The first-order valence-electron chi connectivity index (χ1n) is 6.22. The molecule has 5 heteroatoms. The molecular formula is C11H23NO3S. The lowest BCUT2D eigenvalue weighted by Crippen LogP contribution is -2.37. The Morgan fingerprint density at radius 2 is 2.12 bits per heavy atom. The molecule has 0 aliphatic carbocycles. The van der Waals surface area contributed by atoms with E-state index in [9.17, 15) is 8.42 Å². The van der Waals surface area contributed by atoms with Crippen LogP contribution in [-0.2, 0) is 10.0 Å². The Labute approximate surface area is 98.7 Å². The molecule has 4 nitrogen and oxygen atoms in total. The fourth-order valence-electron chi connectivity index (χ4n) is 2.23. The van der Waals surface area contributed by atoms with E-state index in [1.807, 2.05) is 6.92 Å². The summed E-state index contributed by atoms with van der Waals surface area (Å²) in [6.45, 7) is 2.82. The van der Waals surface area contributed by atoms with E-state index in [1.54, 1.807) is 4.31 Å². The predicted molar refractivity (Wildman–Crippen MR) is 64.7 cm³/mol. The summed E-state index contributed by atoms with van der Waals surface area (Å²) in [6, 6.07) is 0.133. The molecule has 1 unspecified atom stereocenters. The van der Waals surface area contributed by atoms with Gasteiger partial charge in [-0.3, -0.25) is 0 Å². The highest BCUT2D eigenvalue weighted by Crippen LogP contribution is 2.25. The highest BCUT2D eigenvalue weighted by Gasteiger charge is 2.32. The second-order valence-corrected chi connectivity index (χ2v) is 6.48. The summed E-state index contributed by atoms with van der Waals surface area (Å²) in [5.74, 6) is 0.277. The van der Waals surface area contributed by atoms with Crippen LogP contribution in [0.25, 0.3) is 0 Å². The van der Waals surface area contributed by atoms with Crippen molar-refractivity contribution in [2.45, 2.75) is 51.5 Å². The summed E-state index contributed by atoms with van der Waals surface area (Å²) in [7, 11) is -3.05. The van der Waals surface area contributed by atoms with Crippen LogP contribution in [0.5, 0.6) is 0 Å². The van der Waals surface area contributed by atoms with E-state index in [1.165, 1.54) is 0 Å². The van der Waals surface area contributed by atoms with Gasteiger partial charge in [-0.05, 0) is 32.1 Å². The smallest absolute Gasteiger partial charge is 0.214 e. The largest absolute Gasteiger partial charge is 0.396 e. The Balaban J connectivity index is 2.55. The van der Waals surface area contributed by atoms with Crippen molar-refractivity contribution in [3.05, 3.63) is 0 Å². The highest BCUT2D eigenvalue weighted by molar-refractivity contribution is 7.89. The molecule has 1 saturated heterocycles. The van der Waals surface area contributed by atoms with Crippen molar-refractivity contribution in [2.75, 3.05) is 18.9 Å². The van der Waals surface area contributed by atoms with Gasteiger partial charge in [0.1, 0.15) is 0 Å². The van der Waals surface area contributed by atoms with Gasteiger partial charge in [-0.25, -0.2) is 8.42 Å². The Hall–Kier alpha value is -0.130. The van der Waals surface area contributed by atoms with Crippen molar-refractivity contribution in [3.63, 3.8) is 0 Å². The van der Waals surface area contributed by atoms with Crippen LogP contribution in [-0.4, -0.2) is 42.8 Å². The zero-order valence-corrected chi connectivity index (χ0v) is 10.9. The van der Waals surface area contributed by atoms with E-state index in [-0.39, 0.29) is 18.4 Å². The average Bonchev–Trinajstić information content (AvgIpc) is 2.72. The Morgan fingerprint density at radius 1 is 1.38 bits per heavy atom. The first-order valence-corrected chi connectivity index (χ1v) is 7.83. The van der Waals surface area contributed by atoms with E-state index in [4.69, 9.17) is 5.11 Å². The molecule has 0 radical (unpaired) electrons. The SMILES string of the molecule is CCCCS(=O)(=O)N1CCCC1CCCO. The van der Waals surface area contributed by atoms with Crippen LogP contribution >= 0.6 is 0 Å². The summed E-state index contributed by atoms with van der Waals surface area (Å²) >= 11 is 0. The van der Waals surface area contributed by atoms with E-state index in [0.29, 0.717) is 13.0 Å². The predicted octanol–water partition coefficient (Wildman–Crippen LogP) is 1.35. The van der Waals surface area contributed by atoms with Gasteiger partial charge < -0.3 is 5.11 Å². The summed E-state index contributed by atoms with van der Waals surface area (Å²) < 4.78 is 25.7. The maximum atomic E-state index is 12.0. The summed E-state index contributed by atoms with van der Waals surface area (Å²) in [4.78, 5) is 0. The van der Waals surface area contributed by atoms with Gasteiger partial charge in [0.15, 0.2) is 0 Å². The lowest BCUT2D eigenvalue weighted by atomic mass is 10.1. The molecule has 1 fully saturated rings. The summed E-state index contributed by atoms with van der Waals surface area (Å²) in [6.07, 6.45) is 5.05. The van der Waals surface area contributed by atoms with Crippen molar-refractivity contribution in [3.8, 4) is 0 Å². The van der Waals surface area contributed by atoms with Crippen molar-refractivity contribution < 1.29 is 13.5 Å². The number of aliphatic hydroxyl groups excluding tert-OH is 1. The van der Waals surface area contributed by atoms with Crippen molar-refractivity contribution in [2.24, 2.45) is 0 Å². The molecule has 16 heavy (non-hydrogen) atoms. The maximum absolute atomic E-state index is 12.0. The van der Waals surface area contributed by atoms with E-state index < -0.39 is 10.0 Å². The average molecular weight is 249 g/mol. The van der Waals surface area contributed by atoms with E-state index in [0.717, 1.165) is 32.1 Å². The van der Waals surface area contributed by atoms with E-state index in [2.05, 4.69) is 0 Å². The zero-order chi connectivity index (χ0) is 12.0. The van der Waals surface area contributed by atoms with Gasteiger partial charge in [0.2, 0.25) is 10.0 Å². The first-order chi connectivity index (χ1) is 7.61. The van der Waals surface area contributed by atoms with E-state index >= 15 is 0 Å². The fraction of sp³-hybridized carbons (Fsp3) is 1.00. The maximum Gasteiger partial charge on any atom is 0.214 e. The molecule has 1 heterocycles. The molecule has 0 aromatic heterocycles. The van der Waals surface area contributed by atoms with Gasteiger partial charge in [-0.1, -0.05) is 13.3 Å². The number of unbranched alkanes of at least 4 members (excludes halogenated alkanes) is 1. The molecule has 0 aromatic carbocycles. The second-order valence-electron chi connectivity index (χ2n) is 4.44. The summed E-state index contributed by atoms with van der Waals surface area (Å²) in [5.41, 5.74) is 0. The second kappa shape index (κ2) is 6.57. The molecule has 0 spiro atoms. The molecule has 1 rings (SSSR count). The van der Waals surface area contributed by atoms with Crippen molar-refractivity contribution >= 4 is 10.0 Å². The normalized spacial score (nSPS) is 22.8. The minimum absolute atomic E-state index is 0.133. The van der Waals surface area contributed by atoms with Gasteiger partial charge in [0.05, 0.1) is 5.75 Å². The molecule has 1 N–H and O–H groups in total. The molecule has 0 aromatic rings. The first kappa shape index (κ1) is 13.9. The van der Waals surface area contributed by atoms with Crippen LogP contribution in [0.1, 0.15) is 45.4 Å². The van der Waals surface area contributed by atoms with Crippen LogP contribution in [0.3, 0.4) is 0 Å². The van der Waals surface area contributed by atoms with Crippen LogP contribution < -0.4 is 0 Å². The standard InChI is InChI=1S/C11H23NO3S/c1-2-3-10-16(14,15)12-8-4-6-11(12)7-5-9-13/h11,13H,2-10H2,1H3. The molecule has 0 saturated carbocycles. The Bertz CT molecular complexity index is 290.